The fourth-order valence-electron chi connectivity index (χ4n) is 4.46. The number of rotatable bonds is 21. The molecule has 0 heterocycles. The minimum Gasteiger partial charge on any atom is -0.432 e. The van der Waals surface area contributed by atoms with Crippen molar-refractivity contribution in [2.45, 2.75) is 156 Å². The first-order chi connectivity index (χ1) is 13.7. The van der Waals surface area contributed by atoms with Crippen molar-refractivity contribution in [2.75, 3.05) is 0 Å². The minimum atomic E-state index is -2.00. The van der Waals surface area contributed by atoms with Crippen molar-refractivity contribution in [1.82, 2.24) is 0 Å². The summed E-state index contributed by atoms with van der Waals surface area (Å²) in [6.07, 6.45) is 20.2. The summed E-state index contributed by atoms with van der Waals surface area (Å²) in [5, 5.41) is 0. The molecule has 0 rings (SSSR count). The van der Waals surface area contributed by atoms with Gasteiger partial charge in [0.15, 0.2) is 8.32 Å². The van der Waals surface area contributed by atoms with Crippen molar-refractivity contribution in [3.05, 3.63) is 0 Å². The van der Waals surface area contributed by atoms with Crippen LogP contribution in [0.4, 0.5) is 0 Å². The van der Waals surface area contributed by atoms with E-state index in [1.807, 2.05) is 0 Å². The number of hydrogen-bond donors (Lipinski definition) is 1. The molecule has 0 radical (unpaired) electrons. The Morgan fingerprint density at radius 2 is 0.655 bits per heavy atom. The highest BCUT2D eigenvalue weighted by molar-refractivity contribution is 6.72. The van der Waals surface area contributed by atoms with Gasteiger partial charge in [-0.3, -0.25) is 0 Å². The van der Waals surface area contributed by atoms with Crippen LogP contribution in [0.1, 0.15) is 138 Å². The van der Waals surface area contributed by atoms with Gasteiger partial charge in [0.05, 0.1) is 0 Å². The Balaban J connectivity index is 4.13. The SMILES string of the molecule is CC(C)CCCCCC[Si](O)(CCCCCCC(C)C)CCCCCCC(C)C. The summed E-state index contributed by atoms with van der Waals surface area (Å²) >= 11 is 0. The molecule has 1 N–H and O–H groups in total. The first-order valence-corrected chi connectivity index (χ1v) is 16.0. The summed E-state index contributed by atoms with van der Waals surface area (Å²) < 4.78 is 0. The second-order valence-electron chi connectivity index (χ2n) is 11.3. The first kappa shape index (κ1) is 29.2. The van der Waals surface area contributed by atoms with Crippen molar-refractivity contribution in [2.24, 2.45) is 17.8 Å². The summed E-state index contributed by atoms with van der Waals surface area (Å²) in [4.78, 5) is 11.5. The van der Waals surface area contributed by atoms with Crippen LogP contribution >= 0.6 is 0 Å². The Bertz CT molecular complexity index is 287. The Labute approximate surface area is 187 Å². The molecule has 0 spiro atoms. The second-order valence-corrected chi connectivity index (χ2v) is 15.2. The van der Waals surface area contributed by atoms with Crippen LogP contribution in [0.5, 0.6) is 0 Å². The van der Waals surface area contributed by atoms with Gasteiger partial charge in [0.1, 0.15) is 0 Å². The Hall–Kier alpha value is 0.177. The minimum absolute atomic E-state index is 0.840. The molecule has 0 aromatic carbocycles. The van der Waals surface area contributed by atoms with Crippen LogP contribution in [-0.2, 0) is 0 Å². The predicted molar refractivity (Wildman–Crippen MR) is 136 cm³/mol. The maximum atomic E-state index is 11.5. The molecule has 0 bridgehead atoms. The van der Waals surface area contributed by atoms with Gasteiger partial charge in [0, 0.05) is 0 Å². The van der Waals surface area contributed by atoms with E-state index in [1.54, 1.807) is 0 Å². The lowest BCUT2D eigenvalue weighted by Crippen LogP contribution is -2.34. The molecule has 0 amide bonds. The first-order valence-electron chi connectivity index (χ1n) is 13.5. The van der Waals surface area contributed by atoms with Crippen molar-refractivity contribution in [1.29, 1.82) is 0 Å². The molecular weight excluding hydrogens is 368 g/mol. The zero-order valence-electron chi connectivity index (χ0n) is 21.4. The zero-order valence-corrected chi connectivity index (χ0v) is 22.4. The fourth-order valence-corrected chi connectivity index (χ4v) is 7.93. The molecule has 0 aromatic heterocycles. The van der Waals surface area contributed by atoms with Crippen LogP contribution in [-0.4, -0.2) is 13.1 Å². The normalized spacial score (nSPS) is 12.6. The molecular formula is C27H58OSi. The topological polar surface area (TPSA) is 20.2 Å². The highest BCUT2D eigenvalue weighted by atomic mass is 28.4. The smallest absolute Gasteiger partial charge is 0.188 e. The molecule has 0 fully saturated rings. The van der Waals surface area contributed by atoms with Gasteiger partial charge < -0.3 is 4.80 Å². The fraction of sp³-hybridized carbons (Fsp3) is 1.00. The van der Waals surface area contributed by atoms with E-state index >= 15 is 0 Å². The highest BCUT2D eigenvalue weighted by Crippen LogP contribution is 2.28. The van der Waals surface area contributed by atoms with Crippen molar-refractivity contribution in [3.8, 4) is 0 Å². The molecule has 0 atom stereocenters. The third-order valence-electron chi connectivity index (χ3n) is 6.52. The molecule has 2 heteroatoms. The van der Waals surface area contributed by atoms with Crippen LogP contribution in [0.3, 0.4) is 0 Å². The van der Waals surface area contributed by atoms with Crippen LogP contribution in [0.15, 0.2) is 0 Å². The summed E-state index contributed by atoms with van der Waals surface area (Å²) in [6, 6.07) is 3.52. The monoisotopic (exact) mass is 426 g/mol. The van der Waals surface area contributed by atoms with Gasteiger partial charge in [-0.2, -0.15) is 0 Å². The molecule has 0 aliphatic rings. The van der Waals surface area contributed by atoms with Gasteiger partial charge in [-0.15, -0.1) is 0 Å². The number of unbranched alkanes of at least 4 members (excludes halogenated alkanes) is 9. The van der Waals surface area contributed by atoms with Crippen LogP contribution in [0.25, 0.3) is 0 Å². The lowest BCUT2D eigenvalue weighted by molar-refractivity contribution is 0.482. The maximum Gasteiger partial charge on any atom is 0.188 e. The standard InChI is InChI=1S/C27H58OSi/c1-25(2)19-13-7-10-16-22-29(28,23-17-11-8-14-20-26(3)4)24-18-12-9-15-21-27(5)6/h25-28H,7-24H2,1-6H3. The molecule has 0 saturated carbocycles. The van der Waals surface area contributed by atoms with E-state index < -0.39 is 8.32 Å². The van der Waals surface area contributed by atoms with Crippen LogP contribution in [0.2, 0.25) is 18.1 Å². The van der Waals surface area contributed by atoms with Gasteiger partial charge in [-0.05, 0) is 35.9 Å². The Morgan fingerprint density at radius 1 is 0.414 bits per heavy atom. The van der Waals surface area contributed by atoms with Crippen molar-refractivity contribution < 1.29 is 4.80 Å². The van der Waals surface area contributed by atoms with Crippen LogP contribution in [0, 0.1) is 17.8 Å². The van der Waals surface area contributed by atoms with Gasteiger partial charge in [-0.1, -0.05) is 138 Å². The van der Waals surface area contributed by atoms with E-state index in [-0.39, 0.29) is 0 Å². The summed E-state index contributed by atoms with van der Waals surface area (Å²) in [7, 11) is -2.00. The third kappa shape index (κ3) is 21.2. The average Bonchev–Trinajstić information content (AvgIpc) is 2.63. The van der Waals surface area contributed by atoms with Crippen LogP contribution < -0.4 is 0 Å². The average molecular weight is 427 g/mol. The molecule has 1 nitrogen and oxygen atoms in total. The number of hydrogen-bond acceptors (Lipinski definition) is 1. The lowest BCUT2D eigenvalue weighted by Gasteiger charge is -2.26. The van der Waals surface area contributed by atoms with Gasteiger partial charge >= 0.3 is 0 Å². The van der Waals surface area contributed by atoms with E-state index in [0.717, 1.165) is 17.8 Å². The Kier molecular flexibility index (Phi) is 19.0. The summed E-state index contributed by atoms with van der Waals surface area (Å²) in [5.41, 5.74) is 0. The molecule has 0 aliphatic carbocycles. The zero-order chi connectivity index (χ0) is 22.0. The molecule has 29 heavy (non-hydrogen) atoms. The molecule has 0 saturated heterocycles. The maximum absolute atomic E-state index is 11.5. The van der Waals surface area contributed by atoms with E-state index in [0.29, 0.717) is 0 Å². The van der Waals surface area contributed by atoms with Crippen molar-refractivity contribution >= 4 is 8.32 Å². The molecule has 176 valence electrons. The van der Waals surface area contributed by atoms with Crippen molar-refractivity contribution in [3.63, 3.8) is 0 Å². The largest absolute Gasteiger partial charge is 0.432 e. The molecule has 0 aromatic rings. The van der Waals surface area contributed by atoms with E-state index in [9.17, 15) is 4.80 Å². The van der Waals surface area contributed by atoms with Gasteiger partial charge in [0.2, 0.25) is 0 Å². The van der Waals surface area contributed by atoms with Gasteiger partial charge in [-0.25, -0.2) is 0 Å². The Morgan fingerprint density at radius 3 is 0.897 bits per heavy atom. The summed E-state index contributed by atoms with van der Waals surface area (Å²) in [6.45, 7) is 14.0. The van der Waals surface area contributed by atoms with E-state index in [1.165, 1.54) is 114 Å². The lowest BCUT2D eigenvalue weighted by atomic mass is 10.0. The molecule has 0 unspecified atom stereocenters. The van der Waals surface area contributed by atoms with E-state index in [4.69, 9.17) is 0 Å². The summed E-state index contributed by atoms with van der Waals surface area (Å²) in [5.74, 6) is 2.52. The highest BCUT2D eigenvalue weighted by Gasteiger charge is 2.29. The third-order valence-corrected chi connectivity index (χ3v) is 10.4. The predicted octanol–water partition coefficient (Wildman–Crippen LogP) is 9.74. The molecule has 0 aliphatic heterocycles. The van der Waals surface area contributed by atoms with E-state index in [2.05, 4.69) is 41.5 Å². The van der Waals surface area contributed by atoms with Gasteiger partial charge in [0.25, 0.3) is 0 Å². The second kappa shape index (κ2) is 18.9. The quantitative estimate of drug-likeness (QED) is 0.143.